The van der Waals surface area contributed by atoms with Crippen molar-refractivity contribution in [1.82, 2.24) is 9.97 Å². The van der Waals surface area contributed by atoms with Crippen molar-refractivity contribution in [3.8, 4) is 5.88 Å². The second-order valence-electron chi connectivity index (χ2n) is 3.86. The first-order valence-corrected chi connectivity index (χ1v) is 7.40. The van der Waals surface area contributed by atoms with Crippen LogP contribution in [0.15, 0.2) is 10.7 Å². The quantitative estimate of drug-likeness (QED) is 0.724. The van der Waals surface area contributed by atoms with Gasteiger partial charge in [0.1, 0.15) is 0 Å². The Bertz CT molecular complexity index is 361. The normalized spacial score (nSPS) is 10.7. The molecule has 1 heterocycles. The van der Waals surface area contributed by atoms with Crippen molar-refractivity contribution in [2.45, 2.75) is 26.3 Å². The predicted octanol–water partition coefficient (Wildman–Crippen LogP) is 3.25. The molecule has 0 amide bonds. The lowest BCUT2D eigenvalue weighted by atomic mass is 10.3. The van der Waals surface area contributed by atoms with Crippen LogP contribution in [0.25, 0.3) is 0 Å². The average molecular weight is 367 g/mol. The van der Waals surface area contributed by atoms with Crippen LogP contribution in [0.4, 0.5) is 5.95 Å². The summed E-state index contributed by atoms with van der Waals surface area (Å²) in [5, 5.41) is 0.976. The number of alkyl halides is 1. The highest BCUT2D eigenvalue weighted by atomic mass is 79.9. The van der Waals surface area contributed by atoms with Gasteiger partial charge in [-0.15, -0.1) is 0 Å². The Labute approximate surface area is 119 Å². The molecular formula is C11H17Br2N3O. The maximum atomic E-state index is 5.19. The fraction of sp³-hybridized carbons (Fsp3) is 0.636. The highest BCUT2D eigenvalue weighted by molar-refractivity contribution is 9.10. The number of ether oxygens (including phenoxy) is 1. The maximum absolute atomic E-state index is 5.19. The van der Waals surface area contributed by atoms with E-state index in [-0.39, 0.29) is 0 Å². The third-order valence-corrected chi connectivity index (χ3v) is 3.41. The molecular weight excluding hydrogens is 350 g/mol. The van der Waals surface area contributed by atoms with Crippen LogP contribution in [0.2, 0.25) is 0 Å². The van der Waals surface area contributed by atoms with Gasteiger partial charge >= 0.3 is 0 Å². The van der Waals surface area contributed by atoms with Gasteiger partial charge < -0.3 is 9.64 Å². The third-order valence-electron chi connectivity index (χ3n) is 2.31. The minimum absolute atomic E-state index is 0.361. The summed E-state index contributed by atoms with van der Waals surface area (Å²) in [5.74, 6) is 1.28. The van der Waals surface area contributed by atoms with Gasteiger partial charge in [-0.05, 0) is 36.2 Å². The van der Waals surface area contributed by atoms with E-state index in [4.69, 9.17) is 4.74 Å². The van der Waals surface area contributed by atoms with Crippen molar-refractivity contribution in [3.05, 3.63) is 10.7 Å². The fourth-order valence-electron chi connectivity index (χ4n) is 1.44. The molecule has 96 valence electrons. The van der Waals surface area contributed by atoms with Crippen LogP contribution < -0.4 is 9.64 Å². The molecule has 17 heavy (non-hydrogen) atoms. The summed E-state index contributed by atoms with van der Waals surface area (Å²) in [4.78, 5) is 10.9. The summed E-state index contributed by atoms with van der Waals surface area (Å²) in [6.07, 6.45) is 2.78. The first-order valence-electron chi connectivity index (χ1n) is 5.49. The number of anilines is 1. The lowest BCUT2D eigenvalue weighted by molar-refractivity contribution is 0.393. The summed E-state index contributed by atoms with van der Waals surface area (Å²) in [6, 6.07) is 0.361. The van der Waals surface area contributed by atoms with Gasteiger partial charge in [0, 0.05) is 17.9 Å². The standard InChI is InChI=1S/C11H17Br2N3O/c1-8(2)16(6-4-5-12)11-14-7-9(13)10(15-11)17-3/h7-8H,4-6H2,1-3H3. The molecule has 4 nitrogen and oxygen atoms in total. The smallest absolute Gasteiger partial charge is 0.232 e. The molecule has 0 saturated carbocycles. The monoisotopic (exact) mass is 365 g/mol. The van der Waals surface area contributed by atoms with Crippen molar-refractivity contribution >= 4 is 37.8 Å². The molecule has 0 aliphatic carbocycles. The predicted molar refractivity (Wildman–Crippen MR) is 77.2 cm³/mol. The number of hydrogen-bond acceptors (Lipinski definition) is 4. The zero-order valence-electron chi connectivity index (χ0n) is 10.3. The number of hydrogen-bond donors (Lipinski definition) is 0. The minimum atomic E-state index is 0.361. The van der Waals surface area contributed by atoms with E-state index in [1.807, 2.05) is 0 Å². The Balaban J connectivity index is 2.93. The maximum Gasteiger partial charge on any atom is 0.232 e. The summed E-state index contributed by atoms with van der Waals surface area (Å²) >= 11 is 6.79. The Hall–Kier alpha value is -0.360. The molecule has 0 N–H and O–H groups in total. The summed E-state index contributed by atoms with van der Waals surface area (Å²) in [7, 11) is 1.61. The Morgan fingerprint density at radius 1 is 1.47 bits per heavy atom. The van der Waals surface area contributed by atoms with Crippen LogP contribution in [0.3, 0.4) is 0 Å². The average Bonchev–Trinajstić information content (AvgIpc) is 2.31. The second kappa shape index (κ2) is 7.16. The molecule has 0 bridgehead atoms. The topological polar surface area (TPSA) is 38.2 Å². The van der Waals surface area contributed by atoms with E-state index < -0.39 is 0 Å². The zero-order valence-corrected chi connectivity index (χ0v) is 13.5. The van der Waals surface area contributed by atoms with E-state index in [0.29, 0.717) is 17.9 Å². The van der Waals surface area contributed by atoms with Crippen molar-refractivity contribution in [3.63, 3.8) is 0 Å². The Morgan fingerprint density at radius 3 is 2.71 bits per heavy atom. The van der Waals surface area contributed by atoms with Gasteiger partial charge in [0.15, 0.2) is 0 Å². The molecule has 0 fully saturated rings. The van der Waals surface area contributed by atoms with Gasteiger partial charge in [0.25, 0.3) is 0 Å². The second-order valence-corrected chi connectivity index (χ2v) is 5.50. The van der Waals surface area contributed by atoms with E-state index >= 15 is 0 Å². The number of methoxy groups -OCH3 is 1. The van der Waals surface area contributed by atoms with Crippen molar-refractivity contribution in [1.29, 1.82) is 0 Å². The van der Waals surface area contributed by atoms with E-state index in [2.05, 4.69) is 60.6 Å². The van der Waals surface area contributed by atoms with Gasteiger partial charge in [-0.1, -0.05) is 15.9 Å². The minimum Gasteiger partial charge on any atom is -0.480 e. The molecule has 6 heteroatoms. The summed E-state index contributed by atoms with van der Waals surface area (Å²) in [6.45, 7) is 5.19. The lowest BCUT2D eigenvalue weighted by Gasteiger charge is -2.26. The van der Waals surface area contributed by atoms with E-state index in [1.54, 1.807) is 13.3 Å². The Morgan fingerprint density at radius 2 is 2.18 bits per heavy atom. The van der Waals surface area contributed by atoms with Crippen LogP contribution >= 0.6 is 31.9 Å². The molecule has 0 unspecified atom stereocenters. The van der Waals surface area contributed by atoms with Crippen molar-refractivity contribution in [2.75, 3.05) is 23.9 Å². The lowest BCUT2D eigenvalue weighted by Crippen LogP contribution is -2.33. The molecule has 0 aliphatic rings. The zero-order chi connectivity index (χ0) is 12.8. The number of nitrogens with zero attached hydrogens (tertiary/aromatic N) is 3. The molecule has 1 aromatic rings. The van der Waals surface area contributed by atoms with Gasteiger partial charge in [-0.3, -0.25) is 0 Å². The van der Waals surface area contributed by atoms with Crippen LogP contribution in [-0.4, -0.2) is 35.0 Å². The van der Waals surface area contributed by atoms with Gasteiger partial charge in [0.05, 0.1) is 17.8 Å². The highest BCUT2D eigenvalue weighted by Gasteiger charge is 2.15. The summed E-state index contributed by atoms with van der Waals surface area (Å²) in [5.41, 5.74) is 0. The molecule has 0 aliphatic heterocycles. The van der Waals surface area contributed by atoms with E-state index in [0.717, 1.165) is 22.8 Å². The highest BCUT2D eigenvalue weighted by Crippen LogP contribution is 2.24. The van der Waals surface area contributed by atoms with Gasteiger partial charge in [0.2, 0.25) is 11.8 Å². The van der Waals surface area contributed by atoms with Gasteiger partial charge in [-0.2, -0.15) is 4.98 Å². The Kier molecular flexibility index (Phi) is 6.19. The van der Waals surface area contributed by atoms with E-state index in [9.17, 15) is 0 Å². The molecule has 0 radical (unpaired) electrons. The van der Waals surface area contributed by atoms with Crippen LogP contribution in [0, 0.1) is 0 Å². The summed E-state index contributed by atoms with van der Waals surface area (Å²) < 4.78 is 5.96. The molecule has 0 spiro atoms. The number of aromatic nitrogens is 2. The number of rotatable bonds is 6. The van der Waals surface area contributed by atoms with Gasteiger partial charge in [-0.25, -0.2) is 4.98 Å². The van der Waals surface area contributed by atoms with E-state index in [1.165, 1.54) is 0 Å². The largest absolute Gasteiger partial charge is 0.480 e. The van der Waals surface area contributed by atoms with Crippen LogP contribution in [-0.2, 0) is 0 Å². The first-order chi connectivity index (χ1) is 8.10. The molecule has 1 aromatic heterocycles. The molecule has 0 aromatic carbocycles. The van der Waals surface area contributed by atoms with Crippen LogP contribution in [0.1, 0.15) is 20.3 Å². The van der Waals surface area contributed by atoms with Crippen molar-refractivity contribution in [2.24, 2.45) is 0 Å². The fourth-order valence-corrected chi connectivity index (χ4v) is 2.05. The SMILES string of the molecule is COc1nc(N(CCCBr)C(C)C)ncc1Br. The van der Waals surface area contributed by atoms with Crippen LogP contribution in [0.5, 0.6) is 5.88 Å². The molecule has 1 rings (SSSR count). The third kappa shape index (κ3) is 4.10. The molecule has 0 saturated heterocycles. The van der Waals surface area contributed by atoms with Crippen molar-refractivity contribution < 1.29 is 4.74 Å². The first kappa shape index (κ1) is 14.7. The number of halogens is 2. The molecule has 0 atom stereocenters.